The van der Waals surface area contributed by atoms with E-state index in [0.29, 0.717) is 11.4 Å². The summed E-state index contributed by atoms with van der Waals surface area (Å²) < 4.78 is 7.84. The maximum Gasteiger partial charge on any atom is -0.147 e. The van der Waals surface area contributed by atoms with E-state index in [1.807, 2.05) is 53.6 Å². The average Bonchev–Trinajstić information content (AvgIpc) is 3.18. The Hall–Kier alpha value is -2.23. The fourth-order valence-corrected chi connectivity index (χ4v) is 6.85. The fraction of sp³-hybridized carbons (Fsp3) is 0.273. The van der Waals surface area contributed by atoms with Gasteiger partial charge in [0.1, 0.15) is 0 Å². The van der Waals surface area contributed by atoms with Crippen molar-refractivity contribution in [3.8, 4) is 28.4 Å². The maximum atomic E-state index is 13.3. The molecule has 0 N–H and O–H groups in total. The molecule has 5 nitrogen and oxygen atoms in total. The van der Waals surface area contributed by atoms with E-state index in [9.17, 15) is 4.79 Å². The molecule has 152 valence electrons. The van der Waals surface area contributed by atoms with Crippen molar-refractivity contribution in [3.63, 3.8) is 0 Å². The summed E-state index contributed by atoms with van der Waals surface area (Å²) >= 11 is -1.56. The second-order valence-corrected chi connectivity index (χ2v) is 12.4. The van der Waals surface area contributed by atoms with Gasteiger partial charge in [0.25, 0.3) is 0 Å². The molecule has 2 heterocycles. The molecule has 0 radical (unpaired) electrons. The summed E-state index contributed by atoms with van der Waals surface area (Å²) in [5.41, 5.74) is 4.09. The normalized spacial score (nSPS) is 12.2. The number of anilines is 1. The van der Waals surface area contributed by atoms with Gasteiger partial charge in [-0.25, -0.2) is 0 Å². The fourth-order valence-electron chi connectivity index (χ4n) is 3.70. The van der Waals surface area contributed by atoms with Gasteiger partial charge in [0.15, 0.2) is 0 Å². The molecule has 0 unspecified atom stereocenters. The Bertz CT molecular complexity index is 1020. The number of carbonyl (C=O) groups is 1. The number of halogens is 1. The molecule has 3 aromatic rings. The van der Waals surface area contributed by atoms with Gasteiger partial charge in [-0.05, 0) is 0 Å². The van der Waals surface area contributed by atoms with Crippen molar-refractivity contribution in [2.45, 2.75) is 30.9 Å². The van der Waals surface area contributed by atoms with Crippen molar-refractivity contribution in [2.24, 2.45) is 0 Å². The van der Waals surface area contributed by atoms with Gasteiger partial charge in [-0.1, -0.05) is 0 Å². The number of nitrogens with zero attached hydrogens (tertiary/aromatic N) is 3. The van der Waals surface area contributed by atoms with Crippen LogP contribution in [0.4, 0.5) is 10.5 Å². The Morgan fingerprint density at radius 2 is 1.90 bits per heavy atom. The van der Waals surface area contributed by atoms with Crippen molar-refractivity contribution < 1.29 is 9.53 Å². The predicted molar refractivity (Wildman–Crippen MR) is 121 cm³/mol. The molecule has 1 aromatic heterocycles. The van der Waals surface area contributed by atoms with E-state index in [1.54, 1.807) is 7.11 Å². The minimum absolute atomic E-state index is 0. The summed E-state index contributed by atoms with van der Waals surface area (Å²) in [7, 11) is 1.66. The maximum absolute atomic E-state index is 13.3. The Morgan fingerprint density at radius 1 is 1.14 bits per heavy atom. The van der Waals surface area contributed by atoms with Gasteiger partial charge < -0.3 is 0 Å². The number of hydrogen-bond acceptors (Lipinski definition) is 3. The molecule has 0 spiro atoms. The van der Waals surface area contributed by atoms with Crippen molar-refractivity contribution in [1.82, 2.24) is 9.55 Å². The summed E-state index contributed by atoms with van der Waals surface area (Å²) in [6.45, 7) is 4.78. The van der Waals surface area contributed by atoms with Crippen molar-refractivity contribution in [1.29, 1.82) is 0 Å². The van der Waals surface area contributed by atoms with Crippen LogP contribution in [0.1, 0.15) is 13.8 Å². The summed E-state index contributed by atoms with van der Waals surface area (Å²) in [4.78, 5) is 20.0. The molecule has 0 aliphatic carbocycles. The minimum atomic E-state index is -1.56. The number of carbonyl (C=O) groups excluding carboxylic acids is 1. The number of imidazole rings is 1. The van der Waals surface area contributed by atoms with Crippen molar-refractivity contribution in [2.75, 3.05) is 12.0 Å². The molecule has 4 rings (SSSR count). The van der Waals surface area contributed by atoms with Gasteiger partial charge in [0.05, 0.1) is 0 Å². The van der Waals surface area contributed by atoms with Crippen LogP contribution in [0.2, 0.25) is 10.4 Å². The Balaban J connectivity index is 0.00000240. The summed E-state index contributed by atoms with van der Waals surface area (Å²) in [5.74, 6) is 1.65. The zero-order valence-corrected chi connectivity index (χ0v) is 19.5. The van der Waals surface area contributed by atoms with Crippen molar-refractivity contribution >= 4 is 37.4 Å². The molecule has 0 bridgehead atoms. The minimum Gasteiger partial charge on any atom is -0.147 e. The summed E-state index contributed by atoms with van der Waals surface area (Å²) in [6.07, 6.45) is 1.91. The number of amides is 1. The van der Waals surface area contributed by atoms with Crippen LogP contribution in [0.25, 0.3) is 22.6 Å². The molecular weight excluding hydrogens is 449 g/mol. The van der Waals surface area contributed by atoms with Gasteiger partial charge >= 0.3 is 170 Å². The number of fused-ring (bicyclic) bond motifs is 3. The first-order valence-electron chi connectivity index (χ1n) is 9.53. The topological polar surface area (TPSA) is 47.4 Å². The van der Waals surface area contributed by atoms with Crippen LogP contribution in [0, 0.1) is 0 Å². The molecular formula is C22H25AsClN3O2. The third-order valence-corrected chi connectivity index (χ3v) is 10.0. The largest absolute Gasteiger partial charge is 0.147 e. The molecule has 0 fully saturated rings. The standard InChI is InChI=1S/C22H24AsN3O2.ClH/c1-4-23(5-2)22(27)26-15-25-20(18-11-6-7-12-19(18)26)14-24-21(25)16-9-8-10-17(13-16)28-3;/h6-14H,4-5,15H2,1-3H3;1H. The Kier molecular flexibility index (Phi) is 6.71. The monoisotopic (exact) mass is 473 g/mol. The third kappa shape index (κ3) is 3.82. The van der Waals surface area contributed by atoms with E-state index in [0.717, 1.165) is 44.5 Å². The average molecular weight is 474 g/mol. The van der Waals surface area contributed by atoms with E-state index >= 15 is 0 Å². The zero-order valence-electron chi connectivity index (χ0n) is 16.8. The van der Waals surface area contributed by atoms with Crippen LogP contribution in [-0.2, 0) is 6.67 Å². The molecule has 7 heteroatoms. The van der Waals surface area contributed by atoms with E-state index < -0.39 is 14.7 Å². The number of benzene rings is 2. The summed E-state index contributed by atoms with van der Waals surface area (Å²) in [5, 5.41) is 1.97. The van der Waals surface area contributed by atoms with Crippen LogP contribution in [0.15, 0.2) is 54.7 Å². The zero-order chi connectivity index (χ0) is 19.7. The second kappa shape index (κ2) is 9.06. The van der Waals surface area contributed by atoms with E-state index in [-0.39, 0.29) is 12.4 Å². The van der Waals surface area contributed by atoms with Crippen molar-refractivity contribution in [3.05, 3.63) is 54.7 Å². The van der Waals surface area contributed by atoms with E-state index in [2.05, 4.69) is 24.5 Å². The van der Waals surface area contributed by atoms with E-state index in [4.69, 9.17) is 9.72 Å². The quantitative estimate of drug-likeness (QED) is 0.449. The third-order valence-electron chi connectivity index (χ3n) is 5.20. The van der Waals surface area contributed by atoms with E-state index in [1.165, 1.54) is 0 Å². The molecule has 1 aliphatic heterocycles. The molecule has 1 aliphatic rings. The van der Waals surface area contributed by atoms with Gasteiger partial charge in [-0.2, -0.15) is 0 Å². The number of aromatic nitrogens is 2. The molecule has 1 amide bonds. The van der Waals surface area contributed by atoms with Gasteiger partial charge in [0, 0.05) is 0 Å². The number of rotatable bonds is 5. The first-order chi connectivity index (χ1) is 13.7. The predicted octanol–water partition coefficient (Wildman–Crippen LogP) is 5.66. The first-order valence-corrected chi connectivity index (χ1v) is 13.1. The Labute approximate surface area is 182 Å². The number of methoxy groups -OCH3 is 1. The van der Waals surface area contributed by atoms with Crippen LogP contribution < -0.4 is 9.64 Å². The molecule has 0 saturated carbocycles. The number of hydrogen-bond donors (Lipinski definition) is 0. The van der Waals surface area contributed by atoms with Gasteiger partial charge in [0.2, 0.25) is 0 Å². The van der Waals surface area contributed by atoms with Crippen LogP contribution >= 0.6 is 12.4 Å². The molecule has 2 aromatic carbocycles. The number of para-hydroxylation sites is 1. The Morgan fingerprint density at radius 3 is 2.62 bits per heavy atom. The van der Waals surface area contributed by atoms with Crippen LogP contribution in [-0.4, -0.2) is 36.0 Å². The van der Waals surface area contributed by atoms with Crippen LogP contribution in [0.5, 0.6) is 5.75 Å². The van der Waals surface area contributed by atoms with Gasteiger partial charge in [-0.15, -0.1) is 12.4 Å². The molecule has 0 saturated heterocycles. The molecule has 0 atom stereocenters. The second-order valence-electron chi connectivity index (χ2n) is 6.67. The smallest absolute Gasteiger partial charge is 0.147 e. The SMILES string of the molecule is CC[As](CC)C(=O)N1Cn2c(cnc2-c2cccc(OC)c2)-c2ccccc21.Cl. The summed E-state index contributed by atoms with van der Waals surface area (Å²) in [6, 6.07) is 16.0. The molecule has 29 heavy (non-hydrogen) atoms. The van der Waals surface area contributed by atoms with Gasteiger partial charge in [-0.3, -0.25) is 0 Å². The number of ether oxygens (including phenoxy) is 1. The van der Waals surface area contributed by atoms with Crippen LogP contribution in [0.3, 0.4) is 0 Å². The first kappa shape index (κ1) is 21.5.